The number of halogens is 1. The van der Waals surface area contributed by atoms with Gasteiger partial charge in [-0.25, -0.2) is 22.5 Å². The number of rotatable bonds is 7. The van der Waals surface area contributed by atoms with Gasteiger partial charge in [0.2, 0.25) is 27.7 Å². The summed E-state index contributed by atoms with van der Waals surface area (Å²) in [6.07, 6.45) is 1.23. The van der Waals surface area contributed by atoms with E-state index in [2.05, 4.69) is 24.3 Å². The molecular weight excluding hydrogens is 519 g/mol. The summed E-state index contributed by atoms with van der Waals surface area (Å²) in [6, 6.07) is 20.8. The standard InChI is InChI=1S/C28H27FN6O3S/c1-19-30-27(32-38-19)21-7-5-9-24(17-21)39(36,37)33-23-12-14-34(15-13-23)28-31-25-10-2-3-11-26(25)35(28)18-20-6-4-8-22(29)16-20/h2-11,16-17,23,33H,12-15,18H2,1H3. The van der Waals surface area contributed by atoms with Gasteiger partial charge >= 0.3 is 0 Å². The van der Waals surface area contributed by atoms with Crippen LogP contribution in [-0.2, 0) is 16.6 Å². The molecule has 3 aromatic carbocycles. The fourth-order valence-electron chi connectivity index (χ4n) is 4.98. The van der Waals surface area contributed by atoms with E-state index in [4.69, 9.17) is 9.51 Å². The van der Waals surface area contributed by atoms with Crippen molar-refractivity contribution >= 4 is 27.0 Å². The van der Waals surface area contributed by atoms with Crippen molar-refractivity contribution in [1.82, 2.24) is 24.4 Å². The summed E-state index contributed by atoms with van der Waals surface area (Å²) in [5.41, 5.74) is 3.25. The molecule has 0 unspecified atom stereocenters. The van der Waals surface area contributed by atoms with E-state index in [1.807, 2.05) is 30.3 Å². The van der Waals surface area contributed by atoms with Crippen LogP contribution in [0.2, 0.25) is 0 Å². The number of imidazole rings is 1. The van der Waals surface area contributed by atoms with Gasteiger partial charge in [-0.3, -0.25) is 0 Å². The van der Waals surface area contributed by atoms with Crippen molar-refractivity contribution in [2.75, 3.05) is 18.0 Å². The van der Waals surface area contributed by atoms with Crippen LogP contribution in [0, 0.1) is 12.7 Å². The summed E-state index contributed by atoms with van der Waals surface area (Å²) in [5, 5.41) is 3.88. The molecule has 0 saturated carbocycles. The van der Waals surface area contributed by atoms with E-state index >= 15 is 0 Å². The van der Waals surface area contributed by atoms with Crippen molar-refractivity contribution in [2.24, 2.45) is 0 Å². The number of para-hydroxylation sites is 2. The molecule has 1 aliphatic heterocycles. The Labute approximate surface area is 225 Å². The van der Waals surface area contributed by atoms with E-state index in [1.54, 1.807) is 37.3 Å². The molecule has 0 spiro atoms. The molecule has 3 heterocycles. The molecule has 0 radical (unpaired) electrons. The molecule has 1 fully saturated rings. The van der Waals surface area contributed by atoms with Crippen LogP contribution < -0.4 is 9.62 Å². The molecule has 0 bridgehead atoms. The van der Waals surface area contributed by atoms with Crippen molar-refractivity contribution < 1.29 is 17.3 Å². The van der Waals surface area contributed by atoms with Crippen molar-refractivity contribution in [3.8, 4) is 11.4 Å². The maximum absolute atomic E-state index is 13.9. The summed E-state index contributed by atoms with van der Waals surface area (Å²) < 4.78 is 50.3. The number of hydrogen-bond donors (Lipinski definition) is 1. The number of piperidine rings is 1. The SMILES string of the molecule is Cc1nc(-c2cccc(S(=O)(=O)NC3CCN(c4nc5ccccc5n4Cc4cccc(F)c4)CC3)c2)no1. The monoisotopic (exact) mass is 546 g/mol. The summed E-state index contributed by atoms with van der Waals surface area (Å²) in [7, 11) is -3.75. The number of aromatic nitrogens is 4. The molecule has 6 rings (SSSR count). The molecule has 1 aliphatic rings. The number of fused-ring (bicyclic) bond motifs is 1. The lowest BCUT2D eigenvalue weighted by atomic mass is 10.1. The number of benzene rings is 3. The van der Waals surface area contributed by atoms with Gasteiger partial charge in [-0.05, 0) is 54.8 Å². The van der Waals surface area contributed by atoms with E-state index in [0.29, 0.717) is 49.8 Å². The molecule has 0 atom stereocenters. The first kappa shape index (κ1) is 25.2. The molecular formula is C28H27FN6O3S. The number of anilines is 1. The Hall–Kier alpha value is -4.09. The summed E-state index contributed by atoms with van der Waals surface area (Å²) in [5.74, 6) is 1.28. The molecule has 9 nitrogen and oxygen atoms in total. The van der Waals surface area contributed by atoms with Crippen LogP contribution in [0.3, 0.4) is 0 Å². The molecule has 2 aromatic heterocycles. The van der Waals surface area contributed by atoms with Crippen LogP contribution >= 0.6 is 0 Å². The highest BCUT2D eigenvalue weighted by Gasteiger charge is 2.27. The van der Waals surface area contributed by atoms with Crippen LogP contribution in [0.5, 0.6) is 0 Å². The van der Waals surface area contributed by atoms with E-state index in [1.165, 1.54) is 12.1 Å². The largest absolute Gasteiger partial charge is 0.342 e. The summed E-state index contributed by atoms with van der Waals surface area (Å²) >= 11 is 0. The van der Waals surface area contributed by atoms with Gasteiger partial charge in [0.05, 0.1) is 22.5 Å². The van der Waals surface area contributed by atoms with Gasteiger partial charge in [0.25, 0.3) is 0 Å². The fourth-order valence-corrected chi connectivity index (χ4v) is 6.33. The second-order valence-electron chi connectivity index (χ2n) is 9.66. The minimum Gasteiger partial charge on any atom is -0.342 e. The van der Waals surface area contributed by atoms with Crippen molar-refractivity contribution in [1.29, 1.82) is 0 Å². The first-order chi connectivity index (χ1) is 18.9. The highest BCUT2D eigenvalue weighted by Crippen LogP contribution is 2.27. The average molecular weight is 547 g/mol. The van der Waals surface area contributed by atoms with Gasteiger partial charge < -0.3 is 14.0 Å². The second kappa shape index (κ2) is 10.2. The van der Waals surface area contributed by atoms with Crippen LogP contribution in [0.25, 0.3) is 22.4 Å². The van der Waals surface area contributed by atoms with Crippen LogP contribution in [0.1, 0.15) is 24.3 Å². The second-order valence-corrected chi connectivity index (χ2v) is 11.4. The quantitative estimate of drug-likeness (QED) is 0.320. The third kappa shape index (κ3) is 5.27. The molecule has 0 amide bonds. The minimum absolute atomic E-state index is 0.154. The predicted molar refractivity (Wildman–Crippen MR) is 145 cm³/mol. The Bertz CT molecular complexity index is 1740. The van der Waals surface area contributed by atoms with Gasteiger partial charge in [-0.2, -0.15) is 4.98 Å². The Balaban J connectivity index is 1.18. The third-order valence-corrected chi connectivity index (χ3v) is 8.41. The number of hydrogen-bond acceptors (Lipinski definition) is 7. The van der Waals surface area contributed by atoms with Crippen molar-refractivity contribution in [3.05, 3.63) is 90.1 Å². The number of nitrogens with one attached hydrogen (secondary N) is 1. The maximum atomic E-state index is 13.9. The molecule has 1 saturated heterocycles. The molecule has 39 heavy (non-hydrogen) atoms. The Morgan fingerprint density at radius 2 is 1.79 bits per heavy atom. The predicted octanol–water partition coefficient (Wildman–Crippen LogP) is 4.53. The highest BCUT2D eigenvalue weighted by molar-refractivity contribution is 7.89. The molecule has 200 valence electrons. The highest BCUT2D eigenvalue weighted by atomic mass is 32.2. The normalized spacial score (nSPS) is 14.8. The average Bonchev–Trinajstić information content (AvgIpc) is 3.53. The number of aryl methyl sites for hydroxylation is 1. The van der Waals surface area contributed by atoms with Crippen LogP contribution in [0.15, 0.2) is 82.2 Å². The van der Waals surface area contributed by atoms with Crippen molar-refractivity contribution in [2.45, 2.75) is 37.2 Å². The van der Waals surface area contributed by atoms with Crippen LogP contribution in [-0.4, -0.2) is 47.2 Å². The number of nitrogens with zero attached hydrogens (tertiary/aromatic N) is 5. The zero-order valence-corrected chi connectivity index (χ0v) is 22.1. The fraction of sp³-hybridized carbons (Fsp3) is 0.250. The molecule has 5 aromatic rings. The lowest BCUT2D eigenvalue weighted by molar-refractivity contribution is 0.394. The first-order valence-corrected chi connectivity index (χ1v) is 14.2. The lowest BCUT2D eigenvalue weighted by Gasteiger charge is -2.33. The topological polar surface area (TPSA) is 106 Å². The van der Waals surface area contributed by atoms with E-state index in [0.717, 1.165) is 22.5 Å². The maximum Gasteiger partial charge on any atom is 0.240 e. The van der Waals surface area contributed by atoms with Gasteiger partial charge in [0.1, 0.15) is 5.82 Å². The molecule has 0 aliphatic carbocycles. The minimum atomic E-state index is -3.75. The van der Waals surface area contributed by atoms with Crippen LogP contribution in [0.4, 0.5) is 10.3 Å². The smallest absolute Gasteiger partial charge is 0.240 e. The van der Waals surface area contributed by atoms with E-state index < -0.39 is 10.0 Å². The molecule has 11 heteroatoms. The lowest BCUT2D eigenvalue weighted by Crippen LogP contribution is -2.45. The number of sulfonamides is 1. The summed E-state index contributed by atoms with van der Waals surface area (Å²) in [4.78, 5) is 11.4. The van der Waals surface area contributed by atoms with Gasteiger partial charge in [-0.15, -0.1) is 0 Å². The Morgan fingerprint density at radius 1 is 1.00 bits per heavy atom. The first-order valence-electron chi connectivity index (χ1n) is 12.7. The van der Waals surface area contributed by atoms with Gasteiger partial charge in [0, 0.05) is 31.6 Å². The zero-order valence-electron chi connectivity index (χ0n) is 21.3. The molecule has 1 N–H and O–H groups in total. The van der Waals surface area contributed by atoms with Gasteiger partial charge in [-0.1, -0.05) is 41.6 Å². The van der Waals surface area contributed by atoms with E-state index in [-0.39, 0.29) is 16.8 Å². The Morgan fingerprint density at radius 3 is 2.56 bits per heavy atom. The van der Waals surface area contributed by atoms with Crippen molar-refractivity contribution in [3.63, 3.8) is 0 Å². The Kier molecular flexibility index (Phi) is 6.61. The van der Waals surface area contributed by atoms with Gasteiger partial charge in [0.15, 0.2) is 0 Å². The third-order valence-electron chi connectivity index (χ3n) is 6.89. The summed E-state index contributed by atoms with van der Waals surface area (Å²) in [6.45, 7) is 3.42. The zero-order chi connectivity index (χ0) is 27.0. The van der Waals surface area contributed by atoms with E-state index in [9.17, 15) is 12.8 Å².